The summed E-state index contributed by atoms with van der Waals surface area (Å²) in [5.41, 5.74) is -0.0883. The molecule has 0 aliphatic heterocycles. The molecule has 1 heterocycles. The molecule has 19 heavy (non-hydrogen) atoms. The average Bonchev–Trinajstić information content (AvgIpc) is 2.60. The minimum atomic E-state index is -1.15. The summed E-state index contributed by atoms with van der Waals surface area (Å²) in [5, 5.41) is 11.4. The molecule has 1 rings (SSSR count). The Morgan fingerprint density at radius 1 is 1.53 bits per heavy atom. The molecule has 0 spiro atoms. The Bertz CT molecular complexity index is 515. The summed E-state index contributed by atoms with van der Waals surface area (Å²) >= 11 is 4.84. The predicted molar refractivity (Wildman–Crippen MR) is 70.5 cm³/mol. The molecule has 0 aliphatic rings. The molecule has 0 saturated carbocycles. The average molecular weight is 287 g/mol. The summed E-state index contributed by atoms with van der Waals surface area (Å²) in [7, 11) is 0. The molecular weight excluding hydrogens is 270 g/mol. The van der Waals surface area contributed by atoms with E-state index < -0.39 is 23.7 Å². The van der Waals surface area contributed by atoms with Crippen molar-refractivity contribution in [3.63, 3.8) is 0 Å². The number of carboxylic acids is 1. The maximum atomic E-state index is 11.5. The van der Waals surface area contributed by atoms with E-state index in [1.165, 1.54) is 0 Å². The van der Waals surface area contributed by atoms with E-state index in [0.29, 0.717) is 10.5 Å². The van der Waals surface area contributed by atoms with E-state index in [1.54, 1.807) is 27.0 Å². The van der Waals surface area contributed by atoms with Crippen LogP contribution in [-0.2, 0) is 16.0 Å². The molecule has 0 radical (unpaired) electrons. The van der Waals surface area contributed by atoms with Crippen LogP contribution in [-0.4, -0.2) is 38.8 Å². The number of carbonyl (C=O) groups is 2. The number of aliphatic carboxylic acids is 1. The third kappa shape index (κ3) is 5.56. The third-order valence-electron chi connectivity index (χ3n) is 2.06. The number of hydrogen-bond acceptors (Lipinski definition) is 4. The number of imidazole rings is 1. The topological polar surface area (TPSA) is 107 Å². The number of ether oxygens (including phenoxy) is 1. The standard InChI is InChI=1S/C11H17N3O4S/c1-11(2,3)18-10(17)14-7(8(15)16)4-6-5-12-9(19)13-6/h5,7H,4H2,1-3H3,(H,14,17)(H,15,16)(H2,12,13,19)/t7-/m1/s1. The van der Waals surface area contributed by atoms with Gasteiger partial charge in [0.1, 0.15) is 11.6 Å². The Hall–Kier alpha value is -1.83. The normalized spacial score (nSPS) is 12.8. The van der Waals surface area contributed by atoms with E-state index in [0.717, 1.165) is 0 Å². The van der Waals surface area contributed by atoms with Crippen LogP contribution in [0, 0.1) is 4.77 Å². The Morgan fingerprint density at radius 3 is 2.58 bits per heavy atom. The molecule has 1 atom stereocenters. The summed E-state index contributed by atoms with van der Waals surface area (Å²) in [6.45, 7) is 5.10. The molecule has 4 N–H and O–H groups in total. The summed E-state index contributed by atoms with van der Waals surface area (Å²) in [6, 6.07) is -1.09. The number of nitrogens with one attached hydrogen (secondary N) is 3. The summed E-state index contributed by atoms with van der Waals surface area (Å²) < 4.78 is 5.41. The number of amides is 1. The first kappa shape index (κ1) is 15.2. The van der Waals surface area contributed by atoms with E-state index in [-0.39, 0.29) is 6.42 Å². The van der Waals surface area contributed by atoms with Crippen molar-refractivity contribution < 1.29 is 19.4 Å². The predicted octanol–water partition coefficient (Wildman–Crippen LogP) is 1.59. The molecule has 0 saturated heterocycles. The first-order valence-corrected chi connectivity index (χ1v) is 6.07. The fraction of sp³-hybridized carbons (Fsp3) is 0.545. The van der Waals surface area contributed by atoms with Crippen molar-refractivity contribution in [2.75, 3.05) is 0 Å². The maximum Gasteiger partial charge on any atom is 0.408 e. The fourth-order valence-electron chi connectivity index (χ4n) is 1.35. The lowest BCUT2D eigenvalue weighted by Gasteiger charge is -2.21. The van der Waals surface area contributed by atoms with Gasteiger partial charge in [0, 0.05) is 18.3 Å². The number of aromatic nitrogens is 2. The van der Waals surface area contributed by atoms with Crippen LogP contribution in [0.2, 0.25) is 0 Å². The molecule has 1 amide bonds. The van der Waals surface area contributed by atoms with Crippen molar-refractivity contribution in [3.05, 3.63) is 16.7 Å². The van der Waals surface area contributed by atoms with Gasteiger partial charge in [0.25, 0.3) is 0 Å². The largest absolute Gasteiger partial charge is 0.480 e. The highest BCUT2D eigenvalue weighted by atomic mass is 32.1. The fourth-order valence-corrected chi connectivity index (χ4v) is 1.54. The molecular formula is C11H17N3O4S. The quantitative estimate of drug-likeness (QED) is 0.629. The van der Waals surface area contributed by atoms with Gasteiger partial charge in [0.05, 0.1) is 0 Å². The molecule has 0 fully saturated rings. The number of carbonyl (C=O) groups excluding carboxylic acids is 1. The van der Waals surface area contributed by atoms with E-state index in [1.807, 2.05) is 0 Å². The number of aromatic amines is 2. The van der Waals surface area contributed by atoms with Crippen LogP contribution in [0.15, 0.2) is 6.20 Å². The zero-order valence-electron chi connectivity index (χ0n) is 10.9. The summed E-state index contributed by atoms with van der Waals surface area (Å²) in [4.78, 5) is 28.1. The highest BCUT2D eigenvalue weighted by Gasteiger charge is 2.24. The SMILES string of the molecule is CC(C)(C)OC(=O)N[C@H](Cc1c[nH]c(=S)[nH]1)C(=O)O. The zero-order valence-corrected chi connectivity index (χ0v) is 11.8. The van der Waals surface area contributed by atoms with Crippen molar-refractivity contribution in [2.45, 2.75) is 38.8 Å². The van der Waals surface area contributed by atoms with Crippen LogP contribution in [0.1, 0.15) is 26.5 Å². The monoisotopic (exact) mass is 287 g/mol. The Morgan fingerprint density at radius 2 is 2.16 bits per heavy atom. The van der Waals surface area contributed by atoms with Crippen LogP contribution in [0.3, 0.4) is 0 Å². The summed E-state index contributed by atoms with van der Waals surface area (Å²) in [5.74, 6) is -1.15. The third-order valence-corrected chi connectivity index (χ3v) is 2.28. The smallest absolute Gasteiger partial charge is 0.408 e. The van der Waals surface area contributed by atoms with Gasteiger partial charge < -0.3 is 25.1 Å². The molecule has 8 heteroatoms. The second-order valence-electron chi connectivity index (χ2n) is 5.01. The van der Waals surface area contributed by atoms with Gasteiger partial charge in [-0.2, -0.15) is 0 Å². The van der Waals surface area contributed by atoms with Crippen molar-refractivity contribution >= 4 is 24.3 Å². The molecule has 0 aliphatic carbocycles. The van der Waals surface area contributed by atoms with Gasteiger partial charge in [0.2, 0.25) is 0 Å². The zero-order chi connectivity index (χ0) is 14.6. The van der Waals surface area contributed by atoms with Crippen molar-refractivity contribution in [2.24, 2.45) is 0 Å². The first-order chi connectivity index (χ1) is 8.67. The molecule has 0 bridgehead atoms. The molecule has 0 unspecified atom stereocenters. The molecule has 0 aromatic carbocycles. The van der Waals surface area contributed by atoms with Crippen LogP contribution < -0.4 is 5.32 Å². The molecule has 1 aromatic heterocycles. The van der Waals surface area contributed by atoms with Gasteiger partial charge in [-0.25, -0.2) is 9.59 Å². The number of alkyl carbamates (subject to hydrolysis) is 1. The molecule has 1 aromatic rings. The second-order valence-corrected chi connectivity index (χ2v) is 5.42. The highest BCUT2D eigenvalue weighted by Crippen LogP contribution is 2.07. The number of carboxylic acid groups (broad SMARTS) is 1. The van der Waals surface area contributed by atoms with Gasteiger partial charge in [-0.3, -0.25) is 0 Å². The number of hydrogen-bond donors (Lipinski definition) is 4. The van der Waals surface area contributed by atoms with Crippen LogP contribution in [0.4, 0.5) is 4.79 Å². The second kappa shape index (κ2) is 5.87. The van der Waals surface area contributed by atoms with Crippen molar-refractivity contribution in [1.82, 2.24) is 15.3 Å². The van der Waals surface area contributed by atoms with Crippen LogP contribution >= 0.6 is 12.2 Å². The van der Waals surface area contributed by atoms with E-state index in [4.69, 9.17) is 22.1 Å². The van der Waals surface area contributed by atoms with Crippen LogP contribution in [0.5, 0.6) is 0 Å². The molecule has 7 nitrogen and oxygen atoms in total. The molecule has 106 valence electrons. The van der Waals surface area contributed by atoms with Gasteiger partial charge >= 0.3 is 12.1 Å². The number of H-pyrrole nitrogens is 2. The highest BCUT2D eigenvalue weighted by molar-refractivity contribution is 7.71. The lowest BCUT2D eigenvalue weighted by molar-refractivity contribution is -0.139. The van der Waals surface area contributed by atoms with Gasteiger partial charge in [-0.15, -0.1) is 0 Å². The van der Waals surface area contributed by atoms with Gasteiger partial charge in [-0.1, -0.05) is 0 Å². The Kier molecular flexibility index (Phi) is 4.71. The van der Waals surface area contributed by atoms with Crippen molar-refractivity contribution in [3.8, 4) is 0 Å². The first-order valence-electron chi connectivity index (χ1n) is 5.66. The maximum absolute atomic E-state index is 11.5. The lowest BCUT2D eigenvalue weighted by Crippen LogP contribution is -2.44. The van der Waals surface area contributed by atoms with E-state index in [2.05, 4.69) is 15.3 Å². The number of rotatable bonds is 4. The minimum Gasteiger partial charge on any atom is -0.480 e. The minimum absolute atomic E-state index is 0.0850. The Balaban J connectivity index is 2.66. The van der Waals surface area contributed by atoms with Crippen LogP contribution in [0.25, 0.3) is 0 Å². The summed E-state index contributed by atoms with van der Waals surface area (Å²) in [6.07, 6.45) is 0.880. The Labute approximate surface area is 115 Å². The van der Waals surface area contributed by atoms with Crippen molar-refractivity contribution in [1.29, 1.82) is 0 Å². The van der Waals surface area contributed by atoms with Gasteiger partial charge in [-0.05, 0) is 33.0 Å². The van der Waals surface area contributed by atoms with Gasteiger partial charge in [0.15, 0.2) is 4.77 Å². The van der Waals surface area contributed by atoms with E-state index in [9.17, 15) is 9.59 Å². The lowest BCUT2D eigenvalue weighted by atomic mass is 10.1. The van der Waals surface area contributed by atoms with E-state index >= 15 is 0 Å².